The Balaban J connectivity index is 2.53. The Morgan fingerprint density at radius 3 is 2.25 bits per heavy atom. The number of nitrogens with one attached hydrogen (secondary N) is 1. The van der Waals surface area contributed by atoms with Crippen LogP contribution in [0.4, 0.5) is 0 Å². The first-order chi connectivity index (χ1) is 7.56. The fourth-order valence-electron chi connectivity index (χ4n) is 1.37. The lowest BCUT2D eigenvalue weighted by Gasteiger charge is -2.21. The fourth-order valence-corrected chi connectivity index (χ4v) is 1.37. The molecule has 1 fully saturated rings. The molecule has 1 rings (SSSR count). The minimum Gasteiger partial charge on any atom is -0.467 e. The van der Waals surface area contributed by atoms with Gasteiger partial charge < -0.3 is 10.1 Å². The number of carbonyl (C=O) groups is 2. The van der Waals surface area contributed by atoms with Crippen LogP contribution in [-0.4, -0.2) is 25.0 Å². The van der Waals surface area contributed by atoms with Crippen LogP contribution in [0.1, 0.15) is 13.8 Å². The van der Waals surface area contributed by atoms with Crippen molar-refractivity contribution in [3.63, 3.8) is 0 Å². The molecule has 1 amide bonds. The summed E-state index contributed by atoms with van der Waals surface area (Å²) in [6.45, 7) is 3.71. The molecule has 0 saturated heterocycles. The van der Waals surface area contributed by atoms with E-state index in [4.69, 9.17) is 0 Å². The van der Waals surface area contributed by atoms with Crippen molar-refractivity contribution in [2.75, 3.05) is 7.11 Å². The smallest absolute Gasteiger partial charge is 0.328 e. The van der Waals surface area contributed by atoms with E-state index in [2.05, 4.69) is 10.1 Å². The van der Waals surface area contributed by atoms with Crippen LogP contribution in [0.5, 0.6) is 0 Å². The number of ether oxygens (including phenoxy) is 1. The van der Waals surface area contributed by atoms with E-state index in [0.29, 0.717) is 5.92 Å². The summed E-state index contributed by atoms with van der Waals surface area (Å²) in [5.41, 5.74) is 0. The van der Waals surface area contributed by atoms with Crippen molar-refractivity contribution >= 4 is 11.9 Å². The molecule has 1 aliphatic carbocycles. The van der Waals surface area contributed by atoms with E-state index in [0.717, 1.165) is 0 Å². The van der Waals surface area contributed by atoms with Gasteiger partial charge in [-0.05, 0) is 31.6 Å². The van der Waals surface area contributed by atoms with Gasteiger partial charge in [-0.2, -0.15) is 0 Å². The summed E-state index contributed by atoms with van der Waals surface area (Å²) in [7, 11) is 1.31. The highest BCUT2D eigenvalue weighted by molar-refractivity contribution is 5.98. The Labute approximate surface area is 96.7 Å². The van der Waals surface area contributed by atoms with Crippen molar-refractivity contribution in [1.29, 1.82) is 0 Å². The first-order valence-corrected chi connectivity index (χ1v) is 5.16. The molecule has 4 heteroatoms. The highest BCUT2D eigenvalue weighted by atomic mass is 16.5. The van der Waals surface area contributed by atoms with E-state index < -0.39 is 12.0 Å². The van der Waals surface area contributed by atoms with Gasteiger partial charge in [0.15, 0.2) is 0 Å². The number of rotatable bonds is 4. The summed E-state index contributed by atoms with van der Waals surface area (Å²) >= 11 is 0. The summed E-state index contributed by atoms with van der Waals surface area (Å²) in [6.07, 6.45) is 6.95. The fraction of sp³-hybridized carbons (Fsp3) is 0.417. The van der Waals surface area contributed by atoms with Crippen molar-refractivity contribution in [2.45, 2.75) is 19.9 Å². The Bertz CT molecular complexity index is 257. The summed E-state index contributed by atoms with van der Waals surface area (Å²) < 4.78 is 4.64. The van der Waals surface area contributed by atoms with Crippen LogP contribution >= 0.6 is 0 Å². The van der Waals surface area contributed by atoms with E-state index in [1.54, 1.807) is 25.7 Å². The molecule has 0 aromatic rings. The first-order valence-electron chi connectivity index (χ1n) is 5.16. The van der Waals surface area contributed by atoms with E-state index in [1.807, 2.05) is 13.8 Å². The van der Waals surface area contributed by atoms with Crippen molar-refractivity contribution in [1.82, 2.24) is 5.32 Å². The molecule has 1 atom stereocenters. The zero-order valence-corrected chi connectivity index (χ0v) is 9.69. The van der Waals surface area contributed by atoms with Crippen molar-refractivity contribution in [2.24, 2.45) is 5.92 Å². The third-order valence-corrected chi connectivity index (χ3v) is 2.33. The largest absolute Gasteiger partial charge is 0.467 e. The molecule has 1 N–H and O–H groups in total. The van der Waals surface area contributed by atoms with Gasteiger partial charge in [-0.15, -0.1) is 0 Å². The standard InChI is InChI=1S/C12H16NO3/c1-8(2)10(12(15)16-3)13-11(14)9-6-4-5-7-9/h4-8,10H,1-3H3,(H,13,14)/t10-/m0/s1. The molecule has 0 bridgehead atoms. The Hall–Kier alpha value is -1.06. The van der Waals surface area contributed by atoms with Gasteiger partial charge in [-0.1, -0.05) is 13.8 Å². The Morgan fingerprint density at radius 1 is 1.25 bits per heavy atom. The van der Waals surface area contributed by atoms with Crippen LogP contribution in [0.15, 0.2) is 0 Å². The summed E-state index contributed by atoms with van der Waals surface area (Å²) in [5, 5.41) is 2.66. The lowest BCUT2D eigenvalue weighted by Crippen LogP contribution is -2.46. The lowest BCUT2D eigenvalue weighted by atomic mass is 10.0. The van der Waals surface area contributed by atoms with Gasteiger partial charge in [0.05, 0.1) is 13.0 Å². The number of amides is 1. The lowest BCUT2D eigenvalue weighted by molar-refractivity contribution is -0.146. The number of esters is 1. The van der Waals surface area contributed by atoms with E-state index in [-0.39, 0.29) is 11.8 Å². The topological polar surface area (TPSA) is 55.4 Å². The molecule has 0 spiro atoms. The molecule has 0 heterocycles. The molecule has 4 nitrogen and oxygen atoms in total. The molecule has 5 radical (unpaired) electrons. The Kier molecular flexibility index (Phi) is 4.77. The van der Waals surface area contributed by atoms with E-state index in [1.165, 1.54) is 7.11 Å². The van der Waals surface area contributed by atoms with Crippen LogP contribution in [0.2, 0.25) is 0 Å². The highest BCUT2D eigenvalue weighted by Gasteiger charge is 2.30. The average molecular weight is 222 g/mol. The van der Waals surface area contributed by atoms with Crippen molar-refractivity contribution in [3.05, 3.63) is 31.6 Å². The van der Waals surface area contributed by atoms with E-state index in [9.17, 15) is 9.59 Å². The molecular formula is C12H16NO3. The maximum absolute atomic E-state index is 11.7. The van der Waals surface area contributed by atoms with Crippen LogP contribution in [0, 0.1) is 37.5 Å². The second kappa shape index (κ2) is 5.87. The summed E-state index contributed by atoms with van der Waals surface area (Å²) in [5.74, 6) is -0.134. The number of carbonyl (C=O) groups excluding carboxylic acids is 2. The normalized spacial score (nSPS) is 18.5. The maximum atomic E-state index is 11.7. The van der Waals surface area contributed by atoms with E-state index >= 15 is 0 Å². The first kappa shape index (κ1) is 13.0. The minimum absolute atomic E-state index is 0.00800. The molecule has 1 aliphatic rings. The van der Waals surface area contributed by atoms with Gasteiger partial charge in [-0.25, -0.2) is 4.79 Å². The molecule has 0 aliphatic heterocycles. The third kappa shape index (κ3) is 3.22. The predicted octanol–water partition coefficient (Wildman–Crippen LogP) is 0.705. The second-order valence-electron chi connectivity index (χ2n) is 3.89. The van der Waals surface area contributed by atoms with Crippen LogP contribution < -0.4 is 5.32 Å². The monoisotopic (exact) mass is 222 g/mol. The predicted molar refractivity (Wildman–Crippen MR) is 59.2 cm³/mol. The zero-order valence-electron chi connectivity index (χ0n) is 9.69. The molecule has 0 aromatic heterocycles. The molecule has 0 aromatic carbocycles. The van der Waals surface area contributed by atoms with Crippen molar-refractivity contribution in [3.8, 4) is 0 Å². The highest BCUT2D eigenvalue weighted by Crippen LogP contribution is 2.23. The summed E-state index contributed by atoms with van der Waals surface area (Å²) in [4.78, 5) is 23.1. The van der Waals surface area contributed by atoms with Crippen LogP contribution in [-0.2, 0) is 14.3 Å². The average Bonchev–Trinajstić information content (AvgIpc) is 2.77. The molecule has 16 heavy (non-hydrogen) atoms. The van der Waals surface area contributed by atoms with Gasteiger partial charge in [-0.3, -0.25) is 4.79 Å². The zero-order chi connectivity index (χ0) is 12.1. The summed E-state index contributed by atoms with van der Waals surface area (Å²) in [6, 6.07) is -0.604. The van der Waals surface area contributed by atoms with Gasteiger partial charge in [0.25, 0.3) is 0 Å². The van der Waals surface area contributed by atoms with Gasteiger partial charge in [0.2, 0.25) is 5.91 Å². The number of hydrogen-bond donors (Lipinski definition) is 1. The van der Waals surface area contributed by atoms with Gasteiger partial charge >= 0.3 is 5.97 Å². The molecule has 0 unspecified atom stereocenters. The molecule has 1 saturated carbocycles. The van der Waals surface area contributed by atoms with Gasteiger partial charge in [0, 0.05) is 0 Å². The minimum atomic E-state index is -0.604. The number of hydrogen-bond acceptors (Lipinski definition) is 3. The Morgan fingerprint density at radius 2 is 1.81 bits per heavy atom. The second-order valence-corrected chi connectivity index (χ2v) is 3.89. The number of methoxy groups -OCH3 is 1. The van der Waals surface area contributed by atoms with Crippen molar-refractivity contribution < 1.29 is 14.3 Å². The maximum Gasteiger partial charge on any atom is 0.328 e. The SMILES string of the molecule is COC(=O)[C@@H](NC(=O)[C]1[CH][CH][CH][CH]1)C(C)C. The van der Waals surface area contributed by atoms with Crippen LogP contribution in [0.3, 0.4) is 0 Å². The van der Waals surface area contributed by atoms with Gasteiger partial charge in [0.1, 0.15) is 6.04 Å². The molecule has 87 valence electrons. The van der Waals surface area contributed by atoms with Crippen LogP contribution in [0.25, 0.3) is 0 Å². The third-order valence-electron chi connectivity index (χ3n) is 2.33. The molecular weight excluding hydrogens is 206 g/mol. The quantitative estimate of drug-likeness (QED) is 0.712.